The molecule has 2 atom stereocenters. The summed E-state index contributed by atoms with van der Waals surface area (Å²) in [5.41, 5.74) is 8.10. The van der Waals surface area contributed by atoms with Gasteiger partial charge in [-0.25, -0.2) is 4.39 Å². The van der Waals surface area contributed by atoms with Crippen LogP contribution in [0.5, 0.6) is 5.75 Å². The fourth-order valence-electron chi connectivity index (χ4n) is 2.21. The summed E-state index contributed by atoms with van der Waals surface area (Å²) in [5, 5.41) is 0. The summed E-state index contributed by atoms with van der Waals surface area (Å²) < 4.78 is 19.1. The molecule has 2 rings (SSSR count). The van der Waals surface area contributed by atoms with Crippen LogP contribution in [0.3, 0.4) is 0 Å². The zero-order valence-electron chi connectivity index (χ0n) is 11.8. The lowest BCUT2D eigenvalue weighted by Crippen LogP contribution is -2.31. The van der Waals surface area contributed by atoms with Crippen molar-refractivity contribution in [1.29, 1.82) is 0 Å². The SMILES string of the molecule is CCC(Oc1ccc(F)cc1C)C(N)c1ccccc1. The molecule has 20 heavy (non-hydrogen) atoms. The lowest BCUT2D eigenvalue weighted by atomic mass is 10.0. The third kappa shape index (κ3) is 3.36. The van der Waals surface area contributed by atoms with Crippen molar-refractivity contribution in [3.8, 4) is 5.75 Å². The molecule has 2 aromatic carbocycles. The number of hydrogen-bond acceptors (Lipinski definition) is 2. The molecule has 0 bridgehead atoms. The van der Waals surface area contributed by atoms with Gasteiger partial charge >= 0.3 is 0 Å². The van der Waals surface area contributed by atoms with E-state index in [2.05, 4.69) is 0 Å². The molecule has 2 unspecified atom stereocenters. The summed E-state index contributed by atoms with van der Waals surface area (Å²) in [6.07, 6.45) is 0.647. The molecule has 0 saturated carbocycles. The molecule has 3 heteroatoms. The van der Waals surface area contributed by atoms with E-state index in [1.54, 1.807) is 6.07 Å². The molecule has 2 aromatic rings. The van der Waals surface area contributed by atoms with Crippen LogP contribution in [-0.2, 0) is 0 Å². The molecule has 0 radical (unpaired) electrons. The molecular formula is C17H20FNO. The summed E-state index contributed by atoms with van der Waals surface area (Å²) >= 11 is 0. The predicted molar refractivity (Wildman–Crippen MR) is 79.2 cm³/mol. The van der Waals surface area contributed by atoms with E-state index in [4.69, 9.17) is 10.5 Å². The first-order valence-electron chi connectivity index (χ1n) is 6.85. The normalized spacial score (nSPS) is 13.8. The van der Waals surface area contributed by atoms with E-state index in [0.717, 1.165) is 17.5 Å². The Balaban J connectivity index is 2.16. The van der Waals surface area contributed by atoms with Gasteiger partial charge in [0, 0.05) is 0 Å². The monoisotopic (exact) mass is 273 g/mol. The van der Waals surface area contributed by atoms with Crippen molar-refractivity contribution < 1.29 is 9.13 Å². The Morgan fingerprint density at radius 1 is 1.15 bits per heavy atom. The van der Waals surface area contributed by atoms with E-state index in [1.807, 2.05) is 44.2 Å². The summed E-state index contributed by atoms with van der Waals surface area (Å²) in [4.78, 5) is 0. The Hall–Kier alpha value is -1.87. The minimum atomic E-state index is -0.254. The van der Waals surface area contributed by atoms with Crippen molar-refractivity contribution >= 4 is 0 Å². The van der Waals surface area contributed by atoms with Gasteiger partial charge in [-0.3, -0.25) is 0 Å². The quantitative estimate of drug-likeness (QED) is 0.894. The Labute approximate surface area is 119 Å². The van der Waals surface area contributed by atoms with Gasteiger partial charge in [-0.05, 0) is 42.7 Å². The molecule has 0 aliphatic carbocycles. The highest BCUT2D eigenvalue weighted by atomic mass is 19.1. The van der Waals surface area contributed by atoms with Crippen LogP contribution < -0.4 is 10.5 Å². The number of rotatable bonds is 5. The summed E-state index contributed by atoms with van der Waals surface area (Å²) in [6, 6.07) is 14.2. The minimum absolute atomic E-state index is 0.137. The molecule has 0 fully saturated rings. The molecule has 0 heterocycles. The maximum Gasteiger partial charge on any atom is 0.123 e. The molecule has 0 aromatic heterocycles. The Bertz CT molecular complexity index is 556. The first-order valence-corrected chi connectivity index (χ1v) is 6.85. The van der Waals surface area contributed by atoms with Gasteiger partial charge < -0.3 is 10.5 Å². The number of ether oxygens (including phenoxy) is 1. The van der Waals surface area contributed by atoms with Crippen LogP contribution in [0.25, 0.3) is 0 Å². The number of halogens is 1. The molecule has 2 nitrogen and oxygen atoms in total. The first-order chi connectivity index (χ1) is 9.61. The molecule has 0 amide bonds. The van der Waals surface area contributed by atoms with Gasteiger partial charge in [-0.1, -0.05) is 37.3 Å². The topological polar surface area (TPSA) is 35.2 Å². The second-order valence-corrected chi connectivity index (χ2v) is 4.91. The average molecular weight is 273 g/mol. The zero-order valence-corrected chi connectivity index (χ0v) is 11.8. The van der Waals surface area contributed by atoms with Crippen molar-refractivity contribution in [3.05, 3.63) is 65.5 Å². The van der Waals surface area contributed by atoms with E-state index in [-0.39, 0.29) is 18.0 Å². The van der Waals surface area contributed by atoms with Gasteiger partial charge in [0.05, 0.1) is 6.04 Å². The van der Waals surface area contributed by atoms with Crippen molar-refractivity contribution in [2.45, 2.75) is 32.4 Å². The van der Waals surface area contributed by atoms with Crippen molar-refractivity contribution in [2.24, 2.45) is 5.73 Å². The molecule has 0 aliphatic heterocycles. The van der Waals surface area contributed by atoms with Crippen LogP contribution in [0.4, 0.5) is 4.39 Å². The largest absolute Gasteiger partial charge is 0.488 e. The summed E-state index contributed by atoms with van der Waals surface area (Å²) in [7, 11) is 0. The van der Waals surface area contributed by atoms with Gasteiger partial charge in [0.15, 0.2) is 0 Å². The molecule has 0 aliphatic rings. The van der Waals surface area contributed by atoms with E-state index in [1.165, 1.54) is 12.1 Å². The third-order valence-corrected chi connectivity index (χ3v) is 3.40. The Morgan fingerprint density at radius 2 is 1.85 bits per heavy atom. The number of aryl methyl sites for hydroxylation is 1. The van der Waals surface area contributed by atoms with Crippen LogP contribution in [0.15, 0.2) is 48.5 Å². The lowest BCUT2D eigenvalue weighted by molar-refractivity contribution is 0.165. The number of hydrogen-bond donors (Lipinski definition) is 1. The highest BCUT2D eigenvalue weighted by Gasteiger charge is 2.20. The smallest absolute Gasteiger partial charge is 0.123 e. The van der Waals surface area contributed by atoms with Crippen LogP contribution in [-0.4, -0.2) is 6.10 Å². The Kier molecular flexibility index (Phi) is 4.74. The highest BCUT2D eigenvalue weighted by Crippen LogP contribution is 2.25. The van der Waals surface area contributed by atoms with Gasteiger partial charge in [-0.15, -0.1) is 0 Å². The predicted octanol–water partition coefficient (Wildman–Crippen LogP) is 3.99. The van der Waals surface area contributed by atoms with Crippen LogP contribution in [0.1, 0.15) is 30.5 Å². The maximum absolute atomic E-state index is 13.1. The van der Waals surface area contributed by atoms with E-state index >= 15 is 0 Å². The van der Waals surface area contributed by atoms with Gasteiger partial charge in [0.1, 0.15) is 17.7 Å². The maximum atomic E-state index is 13.1. The fraction of sp³-hybridized carbons (Fsp3) is 0.294. The van der Waals surface area contributed by atoms with E-state index < -0.39 is 0 Å². The average Bonchev–Trinajstić information content (AvgIpc) is 2.47. The second-order valence-electron chi connectivity index (χ2n) is 4.91. The van der Waals surface area contributed by atoms with Crippen molar-refractivity contribution in [3.63, 3.8) is 0 Å². The lowest BCUT2D eigenvalue weighted by Gasteiger charge is -2.25. The highest BCUT2D eigenvalue weighted by molar-refractivity contribution is 5.33. The summed E-state index contributed by atoms with van der Waals surface area (Å²) in [6.45, 7) is 3.87. The Morgan fingerprint density at radius 3 is 2.45 bits per heavy atom. The number of nitrogens with two attached hydrogens (primary N) is 1. The molecular weight excluding hydrogens is 253 g/mol. The third-order valence-electron chi connectivity index (χ3n) is 3.40. The van der Waals surface area contributed by atoms with Crippen LogP contribution >= 0.6 is 0 Å². The molecule has 0 spiro atoms. The van der Waals surface area contributed by atoms with E-state index in [9.17, 15) is 4.39 Å². The number of benzene rings is 2. The zero-order chi connectivity index (χ0) is 14.5. The fourth-order valence-corrected chi connectivity index (χ4v) is 2.21. The standard InChI is InChI=1S/C17H20FNO/c1-3-15(17(19)13-7-5-4-6-8-13)20-16-10-9-14(18)11-12(16)2/h4-11,15,17H,3,19H2,1-2H3. The van der Waals surface area contributed by atoms with E-state index in [0.29, 0.717) is 5.75 Å². The summed E-state index contributed by atoms with van der Waals surface area (Å²) in [5.74, 6) is 0.430. The van der Waals surface area contributed by atoms with Crippen molar-refractivity contribution in [1.82, 2.24) is 0 Å². The minimum Gasteiger partial charge on any atom is -0.488 e. The second kappa shape index (κ2) is 6.53. The molecule has 0 saturated heterocycles. The van der Waals surface area contributed by atoms with Crippen molar-refractivity contribution in [2.75, 3.05) is 0 Å². The van der Waals surface area contributed by atoms with Crippen LogP contribution in [0.2, 0.25) is 0 Å². The van der Waals surface area contributed by atoms with Gasteiger partial charge in [0.25, 0.3) is 0 Å². The van der Waals surface area contributed by atoms with Gasteiger partial charge in [-0.2, -0.15) is 0 Å². The van der Waals surface area contributed by atoms with Crippen LogP contribution in [0, 0.1) is 12.7 Å². The molecule has 2 N–H and O–H groups in total. The molecule has 106 valence electrons. The first kappa shape index (κ1) is 14.5. The van der Waals surface area contributed by atoms with Gasteiger partial charge in [0.2, 0.25) is 0 Å².